The Kier molecular flexibility index (Phi) is 2.10. The molecule has 0 aromatic carbocycles. The number of hydrogen-bond donors (Lipinski definition) is 1. The lowest BCUT2D eigenvalue weighted by Gasteiger charge is -2.00. The lowest BCUT2D eigenvalue weighted by Crippen LogP contribution is -2.08. The van der Waals surface area contributed by atoms with Crippen LogP contribution in [0, 0.1) is 0 Å². The third kappa shape index (κ3) is 1.41. The van der Waals surface area contributed by atoms with Crippen molar-refractivity contribution >= 4 is 0 Å². The molecule has 6 nitrogen and oxygen atoms in total. The Labute approximate surface area is 79.6 Å². The maximum atomic E-state index is 11.0. The van der Waals surface area contributed by atoms with E-state index in [1.54, 1.807) is 18.5 Å². The van der Waals surface area contributed by atoms with Crippen molar-refractivity contribution in [2.45, 2.75) is 13.3 Å². The summed E-state index contributed by atoms with van der Waals surface area (Å²) >= 11 is 0. The molecule has 14 heavy (non-hydrogen) atoms. The summed E-state index contributed by atoms with van der Waals surface area (Å²) in [6, 6.07) is 1.71. The average molecular weight is 191 g/mol. The molecule has 2 aromatic rings. The minimum Gasteiger partial charge on any atom is -0.244 e. The molecule has 2 heterocycles. The van der Waals surface area contributed by atoms with E-state index in [1.807, 2.05) is 6.92 Å². The third-order valence-electron chi connectivity index (χ3n) is 1.76. The Balaban J connectivity index is 2.56. The molecule has 0 atom stereocenters. The van der Waals surface area contributed by atoms with Crippen molar-refractivity contribution in [3.8, 4) is 5.95 Å². The fraction of sp³-hybridized carbons (Fsp3) is 0.250. The highest BCUT2D eigenvalue weighted by molar-refractivity contribution is 5.09. The van der Waals surface area contributed by atoms with E-state index in [0.717, 1.165) is 0 Å². The monoisotopic (exact) mass is 191 g/mol. The standard InChI is InChI=1S/C8H9N5O/c1-2-6-11-8(14)12-13(6)7-9-4-3-5-10-7/h3-5H,2H2,1H3,(H,12,14). The first-order valence-corrected chi connectivity index (χ1v) is 4.26. The number of hydrogen-bond acceptors (Lipinski definition) is 4. The predicted octanol–water partition coefficient (Wildman–Crippen LogP) is -0.0870. The number of aryl methyl sites for hydroxylation is 1. The van der Waals surface area contributed by atoms with Gasteiger partial charge >= 0.3 is 5.69 Å². The summed E-state index contributed by atoms with van der Waals surface area (Å²) < 4.78 is 1.49. The first-order valence-electron chi connectivity index (χ1n) is 4.26. The van der Waals surface area contributed by atoms with Crippen LogP contribution < -0.4 is 5.69 Å². The van der Waals surface area contributed by atoms with Gasteiger partial charge in [-0.1, -0.05) is 6.92 Å². The fourth-order valence-corrected chi connectivity index (χ4v) is 1.16. The molecule has 0 saturated heterocycles. The molecule has 0 aliphatic carbocycles. The maximum absolute atomic E-state index is 11.0. The van der Waals surface area contributed by atoms with Crippen molar-refractivity contribution in [3.63, 3.8) is 0 Å². The molecular weight excluding hydrogens is 182 g/mol. The van der Waals surface area contributed by atoms with Gasteiger partial charge in [0, 0.05) is 18.8 Å². The van der Waals surface area contributed by atoms with Gasteiger partial charge in [-0.3, -0.25) is 0 Å². The molecule has 6 heteroatoms. The minimum absolute atomic E-state index is 0.380. The highest BCUT2D eigenvalue weighted by atomic mass is 16.1. The molecule has 0 amide bonds. The number of aromatic amines is 1. The maximum Gasteiger partial charge on any atom is 0.361 e. The Bertz CT molecular complexity index is 472. The summed E-state index contributed by atoms with van der Waals surface area (Å²) in [5, 5.41) is 2.54. The quantitative estimate of drug-likeness (QED) is 0.719. The molecular formula is C8H9N5O. The van der Waals surface area contributed by atoms with Crippen LogP contribution in [-0.4, -0.2) is 24.7 Å². The van der Waals surface area contributed by atoms with Crippen molar-refractivity contribution in [3.05, 3.63) is 34.8 Å². The van der Waals surface area contributed by atoms with Gasteiger partial charge < -0.3 is 0 Å². The number of nitrogens with one attached hydrogen (secondary N) is 1. The van der Waals surface area contributed by atoms with Crippen LogP contribution in [0.3, 0.4) is 0 Å². The van der Waals surface area contributed by atoms with Gasteiger partial charge in [0.1, 0.15) is 5.82 Å². The van der Waals surface area contributed by atoms with Crippen LogP contribution in [0.1, 0.15) is 12.7 Å². The van der Waals surface area contributed by atoms with Crippen molar-refractivity contribution in [2.75, 3.05) is 0 Å². The molecule has 0 aliphatic rings. The third-order valence-corrected chi connectivity index (χ3v) is 1.76. The molecule has 0 saturated carbocycles. The molecule has 0 aliphatic heterocycles. The molecule has 0 fully saturated rings. The second-order valence-electron chi connectivity index (χ2n) is 2.68. The van der Waals surface area contributed by atoms with Crippen molar-refractivity contribution < 1.29 is 0 Å². The van der Waals surface area contributed by atoms with E-state index in [4.69, 9.17) is 0 Å². The highest BCUT2D eigenvalue weighted by Gasteiger charge is 2.07. The Morgan fingerprint density at radius 1 is 1.43 bits per heavy atom. The lowest BCUT2D eigenvalue weighted by atomic mass is 10.4. The number of nitrogens with zero attached hydrogens (tertiary/aromatic N) is 4. The van der Waals surface area contributed by atoms with Crippen LogP contribution in [-0.2, 0) is 6.42 Å². The van der Waals surface area contributed by atoms with Crippen molar-refractivity contribution in [1.29, 1.82) is 0 Å². The summed E-state index contributed by atoms with van der Waals surface area (Å²) in [4.78, 5) is 22.8. The Morgan fingerprint density at radius 2 is 2.14 bits per heavy atom. The van der Waals surface area contributed by atoms with E-state index in [9.17, 15) is 4.79 Å². The van der Waals surface area contributed by atoms with Gasteiger partial charge in [-0.2, -0.15) is 4.98 Å². The zero-order chi connectivity index (χ0) is 9.97. The van der Waals surface area contributed by atoms with Gasteiger partial charge in [0.15, 0.2) is 0 Å². The summed E-state index contributed by atoms with van der Waals surface area (Å²) in [5.74, 6) is 1.06. The van der Waals surface area contributed by atoms with Crippen LogP contribution >= 0.6 is 0 Å². The molecule has 0 radical (unpaired) electrons. The second kappa shape index (κ2) is 3.41. The summed E-state index contributed by atoms with van der Waals surface area (Å²) in [5.41, 5.74) is -0.380. The average Bonchev–Trinajstić information content (AvgIpc) is 2.61. The summed E-state index contributed by atoms with van der Waals surface area (Å²) in [7, 11) is 0. The van der Waals surface area contributed by atoms with E-state index in [0.29, 0.717) is 18.2 Å². The molecule has 1 N–H and O–H groups in total. The van der Waals surface area contributed by atoms with E-state index < -0.39 is 0 Å². The van der Waals surface area contributed by atoms with E-state index in [2.05, 4.69) is 20.1 Å². The van der Waals surface area contributed by atoms with Crippen LogP contribution in [0.5, 0.6) is 0 Å². The first kappa shape index (κ1) is 8.61. The SMILES string of the molecule is CCc1nc(=O)[nH]n1-c1ncccn1. The number of H-pyrrole nitrogens is 1. The predicted molar refractivity (Wildman–Crippen MR) is 49.2 cm³/mol. The molecule has 2 aromatic heterocycles. The van der Waals surface area contributed by atoms with Gasteiger partial charge in [0.2, 0.25) is 5.95 Å². The molecule has 2 rings (SSSR count). The molecule has 0 unspecified atom stereocenters. The van der Waals surface area contributed by atoms with Crippen LogP contribution in [0.4, 0.5) is 0 Å². The zero-order valence-corrected chi connectivity index (χ0v) is 7.64. The van der Waals surface area contributed by atoms with Crippen LogP contribution in [0.25, 0.3) is 5.95 Å². The molecule has 0 bridgehead atoms. The Morgan fingerprint density at radius 3 is 2.79 bits per heavy atom. The van der Waals surface area contributed by atoms with Gasteiger partial charge in [-0.25, -0.2) is 24.5 Å². The van der Waals surface area contributed by atoms with Crippen LogP contribution in [0.2, 0.25) is 0 Å². The Hall–Kier alpha value is -1.98. The molecule has 0 spiro atoms. The zero-order valence-electron chi connectivity index (χ0n) is 7.64. The normalized spacial score (nSPS) is 10.4. The van der Waals surface area contributed by atoms with E-state index in [1.165, 1.54) is 4.68 Å². The first-order chi connectivity index (χ1) is 6.81. The highest BCUT2D eigenvalue weighted by Crippen LogP contribution is 1.99. The van der Waals surface area contributed by atoms with Gasteiger partial charge in [0.25, 0.3) is 0 Å². The van der Waals surface area contributed by atoms with Gasteiger partial charge in [0.05, 0.1) is 0 Å². The largest absolute Gasteiger partial charge is 0.361 e. The topological polar surface area (TPSA) is 76.5 Å². The van der Waals surface area contributed by atoms with Crippen molar-refractivity contribution in [1.82, 2.24) is 24.7 Å². The van der Waals surface area contributed by atoms with Gasteiger partial charge in [-0.05, 0) is 6.07 Å². The molecule has 72 valence electrons. The van der Waals surface area contributed by atoms with E-state index in [-0.39, 0.29) is 5.69 Å². The smallest absolute Gasteiger partial charge is 0.244 e. The lowest BCUT2D eigenvalue weighted by molar-refractivity contribution is 0.747. The minimum atomic E-state index is -0.380. The number of aromatic nitrogens is 5. The fourth-order valence-electron chi connectivity index (χ4n) is 1.16. The summed E-state index contributed by atoms with van der Waals surface area (Å²) in [6.45, 7) is 1.91. The summed E-state index contributed by atoms with van der Waals surface area (Å²) in [6.07, 6.45) is 3.87. The van der Waals surface area contributed by atoms with E-state index >= 15 is 0 Å². The van der Waals surface area contributed by atoms with Crippen LogP contribution in [0.15, 0.2) is 23.3 Å². The number of rotatable bonds is 2. The second-order valence-corrected chi connectivity index (χ2v) is 2.68. The van der Waals surface area contributed by atoms with Crippen molar-refractivity contribution in [2.24, 2.45) is 0 Å². The van der Waals surface area contributed by atoms with Gasteiger partial charge in [-0.15, -0.1) is 0 Å².